The lowest BCUT2D eigenvalue weighted by molar-refractivity contribution is -0.140. The van der Waals surface area contributed by atoms with Crippen molar-refractivity contribution < 1.29 is 18.0 Å². The number of likely N-dealkylation sites (N-methyl/N-ethyl adjacent to an activating group) is 1. The van der Waals surface area contributed by atoms with Crippen LogP contribution in [0.15, 0.2) is 53.0 Å². The summed E-state index contributed by atoms with van der Waals surface area (Å²) in [7, 11) is -3.76. The number of carbonyl (C=O) groups is 2. The van der Waals surface area contributed by atoms with E-state index in [1.54, 1.807) is 24.3 Å². The molecule has 174 valence electrons. The van der Waals surface area contributed by atoms with Crippen LogP contribution in [-0.4, -0.2) is 50.5 Å². The summed E-state index contributed by atoms with van der Waals surface area (Å²) < 4.78 is 26.8. The van der Waals surface area contributed by atoms with Gasteiger partial charge in [-0.1, -0.05) is 43.3 Å². The van der Waals surface area contributed by atoms with Crippen LogP contribution in [0.3, 0.4) is 0 Å². The molecule has 0 bridgehead atoms. The van der Waals surface area contributed by atoms with Crippen molar-refractivity contribution in [1.29, 1.82) is 0 Å². The number of halogens is 1. The number of anilines is 1. The number of hydrogen-bond donors (Lipinski definition) is 1. The molecular formula is C23H30BrN3O4S. The van der Waals surface area contributed by atoms with E-state index in [0.717, 1.165) is 21.7 Å². The van der Waals surface area contributed by atoms with Gasteiger partial charge in [0.1, 0.15) is 12.6 Å². The molecule has 0 aliphatic rings. The summed E-state index contributed by atoms with van der Waals surface area (Å²) >= 11 is 3.37. The van der Waals surface area contributed by atoms with Gasteiger partial charge in [-0.25, -0.2) is 8.42 Å². The van der Waals surface area contributed by atoms with Gasteiger partial charge in [-0.3, -0.25) is 13.9 Å². The summed E-state index contributed by atoms with van der Waals surface area (Å²) in [6, 6.07) is 13.7. The Balaban J connectivity index is 2.46. The van der Waals surface area contributed by atoms with E-state index in [4.69, 9.17) is 0 Å². The van der Waals surface area contributed by atoms with Crippen molar-refractivity contribution in [2.24, 2.45) is 0 Å². The number of nitrogens with zero attached hydrogens (tertiary/aromatic N) is 2. The van der Waals surface area contributed by atoms with Crippen LogP contribution in [0.25, 0.3) is 0 Å². The van der Waals surface area contributed by atoms with E-state index in [1.807, 2.05) is 45.0 Å². The van der Waals surface area contributed by atoms with Crippen LogP contribution in [0.5, 0.6) is 0 Å². The van der Waals surface area contributed by atoms with Gasteiger partial charge in [-0.2, -0.15) is 0 Å². The highest BCUT2D eigenvalue weighted by atomic mass is 79.9. The zero-order valence-corrected chi connectivity index (χ0v) is 21.2. The molecule has 0 unspecified atom stereocenters. The largest absolute Gasteiger partial charge is 0.355 e. The molecule has 0 saturated heterocycles. The van der Waals surface area contributed by atoms with E-state index < -0.39 is 28.5 Å². The number of aryl methyl sites for hydroxylation is 1. The molecule has 1 N–H and O–H groups in total. The SMILES string of the molecule is CCNC(=O)[C@H](CC)N(Cc1ccccc1C)C(=O)CN(c1ccccc1Br)S(C)(=O)=O. The van der Waals surface area contributed by atoms with Crippen molar-refractivity contribution in [3.63, 3.8) is 0 Å². The number of para-hydroxylation sites is 1. The highest BCUT2D eigenvalue weighted by Crippen LogP contribution is 2.28. The fourth-order valence-electron chi connectivity index (χ4n) is 3.43. The van der Waals surface area contributed by atoms with Crippen molar-refractivity contribution in [2.75, 3.05) is 23.7 Å². The molecule has 0 aliphatic carbocycles. The molecule has 0 spiro atoms. The summed E-state index contributed by atoms with van der Waals surface area (Å²) in [6.45, 7) is 5.82. The van der Waals surface area contributed by atoms with Crippen LogP contribution in [0.4, 0.5) is 5.69 Å². The Morgan fingerprint density at radius 3 is 2.25 bits per heavy atom. The number of sulfonamides is 1. The first-order valence-corrected chi connectivity index (χ1v) is 13.1. The number of amides is 2. The van der Waals surface area contributed by atoms with Gasteiger partial charge in [0.05, 0.1) is 11.9 Å². The third-order valence-corrected chi connectivity index (χ3v) is 6.94. The normalized spacial score (nSPS) is 12.2. The Hall–Kier alpha value is -2.39. The highest BCUT2D eigenvalue weighted by Gasteiger charge is 2.32. The number of carbonyl (C=O) groups excluding carboxylic acids is 2. The van der Waals surface area contributed by atoms with Crippen LogP contribution in [0.2, 0.25) is 0 Å². The Bertz CT molecular complexity index is 1060. The van der Waals surface area contributed by atoms with Crippen molar-refractivity contribution >= 4 is 43.5 Å². The molecule has 0 saturated carbocycles. The van der Waals surface area contributed by atoms with Crippen molar-refractivity contribution in [3.05, 3.63) is 64.1 Å². The first-order valence-electron chi connectivity index (χ1n) is 10.4. The van der Waals surface area contributed by atoms with E-state index in [1.165, 1.54) is 4.90 Å². The maximum Gasteiger partial charge on any atom is 0.244 e. The fourth-order valence-corrected chi connectivity index (χ4v) is 4.91. The molecule has 2 aromatic carbocycles. The predicted octanol–water partition coefficient (Wildman–Crippen LogP) is 3.47. The lowest BCUT2D eigenvalue weighted by Gasteiger charge is -2.33. The average molecular weight is 524 g/mol. The van der Waals surface area contributed by atoms with Gasteiger partial charge in [-0.15, -0.1) is 0 Å². The minimum Gasteiger partial charge on any atom is -0.355 e. The van der Waals surface area contributed by atoms with Crippen LogP contribution < -0.4 is 9.62 Å². The molecule has 32 heavy (non-hydrogen) atoms. The smallest absolute Gasteiger partial charge is 0.244 e. The molecule has 2 amide bonds. The third-order valence-electron chi connectivity index (χ3n) is 5.14. The summed E-state index contributed by atoms with van der Waals surface area (Å²) in [5.41, 5.74) is 2.25. The first kappa shape index (κ1) is 25.9. The summed E-state index contributed by atoms with van der Waals surface area (Å²) in [4.78, 5) is 27.8. The van der Waals surface area contributed by atoms with Gasteiger partial charge in [0.15, 0.2) is 0 Å². The zero-order chi connectivity index (χ0) is 23.9. The Labute approximate surface area is 199 Å². The molecule has 9 heteroatoms. The van der Waals surface area contributed by atoms with E-state index >= 15 is 0 Å². The summed E-state index contributed by atoms with van der Waals surface area (Å²) in [5.74, 6) is -0.712. The quantitative estimate of drug-likeness (QED) is 0.516. The zero-order valence-electron chi connectivity index (χ0n) is 18.8. The second-order valence-corrected chi connectivity index (χ2v) is 10.2. The molecule has 2 aromatic rings. The minimum atomic E-state index is -3.76. The molecule has 1 atom stereocenters. The second kappa shape index (κ2) is 11.5. The molecule has 0 aromatic heterocycles. The maximum absolute atomic E-state index is 13.5. The number of hydrogen-bond acceptors (Lipinski definition) is 4. The lowest BCUT2D eigenvalue weighted by Crippen LogP contribution is -2.52. The van der Waals surface area contributed by atoms with Gasteiger partial charge in [0, 0.05) is 17.6 Å². The maximum atomic E-state index is 13.5. The van der Waals surface area contributed by atoms with Gasteiger partial charge in [-0.05, 0) is 59.5 Å². The number of nitrogens with one attached hydrogen (secondary N) is 1. The van der Waals surface area contributed by atoms with E-state index in [9.17, 15) is 18.0 Å². The van der Waals surface area contributed by atoms with Gasteiger partial charge < -0.3 is 10.2 Å². The van der Waals surface area contributed by atoms with Crippen LogP contribution in [-0.2, 0) is 26.2 Å². The molecule has 0 radical (unpaired) electrons. The second-order valence-electron chi connectivity index (χ2n) is 7.49. The summed E-state index contributed by atoms with van der Waals surface area (Å²) in [6.07, 6.45) is 1.46. The minimum absolute atomic E-state index is 0.203. The first-order chi connectivity index (χ1) is 15.1. The monoisotopic (exact) mass is 523 g/mol. The predicted molar refractivity (Wildman–Crippen MR) is 131 cm³/mol. The summed E-state index contributed by atoms with van der Waals surface area (Å²) in [5, 5.41) is 2.78. The lowest BCUT2D eigenvalue weighted by atomic mass is 10.1. The van der Waals surface area contributed by atoms with Crippen LogP contribution in [0.1, 0.15) is 31.4 Å². The molecule has 0 aliphatic heterocycles. The number of rotatable bonds is 10. The van der Waals surface area contributed by atoms with Gasteiger partial charge in [0.2, 0.25) is 21.8 Å². The Morgan fingerprint density at radius 2 is 1.69 bits per heavy atom. The Morgan fingerprint density at radius 1 is 1.06 bits per heavy atom. The van der Waals surface area contributed by atoms with E-state index in [-0.39, 0.29) is 12.5 Å². The van der Waals surface area contributed by atoms with Crippen LogP contribution in [0, 0.1) is 6.92 Å². The molecule has 7 nitrogen and oxygen atoms in total. The van der Waals surface area contributed by atoms with E-state index in [0.29, 0.717) is 23.1 Å². The topological polar surface area (TPSA) is 86.8 Å². The third kappa shape index (κ3) is 6.56. The van der Waals surface area contributed by atoms with Gasteiger partial charge >= 0.3 is 0 Å². The fraction of sp³-hybridized carbons (Fsp3) is 0.391. The van der Waals surface area contributed by atoms with E-state index in [2.05, 4.69) is 21.2 Å². The average Bonchev–Trinajstić information content (AvgIpc) is 2.73. The van der Waals surface area contributed by atoms with Crippen molar-refractivity contribution in [1.82, 2.24) is 10.2 Å². The number of benzene rings is 2. The van der Waals surface area contributed by atoms with Crippen molar-refractivity contribution in [3.8, 4) is 0 Å². The Kier molecular flexibility index (Phi) is 9.27. The van der Waals surface area contributed by atoms with Crippen molar-refractivity contribution in [2.45, 2.75) is 39.8 Å². The molecule has 0 fully saturated rings. The standard InChI is InChI=1S/C23H30BrN3O4S/c1-5-20(23(29)25-6-2)26(15-18-12-8-7-11-17(18)3)22(28)16-27(32(4,30)31)21-14-10-9-13-19(21)24/h7-14,20H,5-6,15-16H2,1-4H3,(H,25,29)/t20-/m0/s1. The highest BCUT2D eigenvalue weighted by molar-refractivity contribution is 9.10. The molecule has 0 heterocycles. The van der Waals surface area contributed by atoms with Crippen LogP contribution >= 0.6 is 15.9 Å². The molecule has 2 rings (SSSR count). The molecular weight excluding hydrogens is 494 g/mol. The van der Waals surface area contributed by atoms with Gasteiger partial charge in [0.25, 0.3) is 0 Å².